The Morgan fingerprint density at radius 1 is 1.00 bits per heavy atom. The second kappa shape index (κ2) is 7.07. The third-order valence-electron chi connectivity index (χ3n) is 3.33. The highest BCUT2D eigenvalue weighted by molar-refractivity contribution is 5.81. The lowest BCUT2D eigenvalue weighted by atomic mass is 10.1. The first-order chi connectivity index (χ1) is 11.3. The largest absolute Gasteiger partial charge is 0.491 e. The average molecular weight is 313 g/mol. The van der Waals surface area contributed by atoms with Crippen LogP contribution < -0.4 is 9.47 Å². The maximum Gasteiger partial charge on any atom is 0.124 e. The lowest BCUT2D eigenvalue weighted by Gasteiger charge is -2.10. The molecule has 2 aromatic carbocycles. The van der Waals surface area contributed by atoms with Crippen molar-refractivity contribution in [2.45, 2.75) is 6.61 Å². The topological polar surface area (TPSA) is 51.6 Å². The Labute approximate surface area is 133 Å². The molecule has 0 amide bonds. The highest BCUT2D eigenvalue weighted by Gasteiger charge is 2.06. The van der Waals surface area contributed by atoms with E-state index < -0.39 is 0 Å². The van der Waals surface area contributed by atoms with Crippen LogP contribution in [-0.4, -0.2) is 23.3 Å². The van der Waals surface area contributed by atoms with Crippen LogP contribution in [0.2, 0.25) is 0 Å². The highest BCUT2D eigenvalue weighted by atomic mass is 19.1. The van der Waals surface area contributed by atoms with Crippen molar-refractivity contribution in [2.75, 3.05) is 13.2 Å². The monoisotopic (exact) mass is 313 g/mol. The molecule has 0 unspecified atom stereocenters. The molecule has 5 heteroatoms. The molecule has 23 heavy (non-hydrogen) atoms. The Morgan fingerprint density at radius 3 is 2.48 bits per heavy atom. The van der Waals surface area contributed by atoms with Crippen LogP contribution in [0.1, 0.15) is 5.56 Å². The van der Waals surface area contributed by atoms with Crippen molar-refractivity contribution in [3.05, 3.63) is 66.1 Å². The highest BCUT2D eigenvalue weighted by Crippen LogP contribution is 2.22. The third-order valence-corrected chi connectivity index (χ3v) is 3.33. The van der Waals surface area contributed by atoms with Crippen LogP contribution in [0.4, 0.5) is 4.39 Å². The minimum atomic E-state index is -0.308. The molecule has 1 aromatic heterocycles. The Morgan fingerprint density at radius 2 is 1.74 bits per heavy atom. The number of hydrogen-bond donors (Lipinski definition) is 1. The molecule has 0 saturated carbocycles. The summed E-state index contributed by atoms with van der Waals surface area (Å²) in [4.78, 5) is 4.29. The van der Waals surface area contributed by atoms with Crippen molar-refractivity contribution in [1.29, 1.82) is 0 Å². The van der Waals surface area contributed by atoms with Gasteiger partial charge in [-0.1, -0.05) is 6.07 Å². The van der Waals surface area contributed by atoms with Gasteiger partial charge in [0.1, 0.15) is 30.5 Å². The summed E-state index contributed by atoms with van der Waals surface area (Å²) in [7, 11) is 0. The van der Waals surface area contributed by atoms with Gasteiger partial charge in [-0.05, 0) is 42.5 Å². The Bertz CT molecular complexity index is 790. The number of aliphatic hydroxyl groups excluding tert-OH is 1. The molecule has 3 rings (SSSR count). The van der Waals surface area contributed by atoms with Crippen molar-refractivity contribution in [2.24, 2.45) is 0 Å². The first kappa shape index (κ1) is 15.2. The zero-order valence-corrected chi connectivity index (χ0v) is 12.4. The zero-order valence-electron chi connectivity index (χ0n) is 12.4. The number of pyridine rings is 1. The van der Waals surface area contributed by atoms with Crippen molar-refractivity contribution in [3.8, 4) is 11.5 Å². The summed E-state index contributed by atoms with van der Waals surface area (Å²) in [5.74, 6) is 0.996. The van der Waals surface area contributed by atoms with Gasteiger partial charge in [-0.2, -0.15) is 0 Å². The molecule has 3 aromatic rings. The van der Waals surface area contributed by atoms with E-state index in [2.05, 4.69) is 4.98 Å². The number of benzene rings is 2. The van der Waals surface area contributed by atoms with Gasteiger partial charge in [0.15, 0.2) is 0 Å². The van der Waals surface area contributed by atoms with Gasteiger partial charge in [-0.3, -0.25) is 4.98 Å². The van der Waals surface area contributed by atoms with E-state index in [0.717, 1.165) is 10.9 Å². The van der Waals surface area contributed by atoms with Gasteiger partial charge < -0.3 is 14.6 Å². The lowest BCUT2D eigenvalue weighted by Crippen LogP contribution is -2.01. The van der Waals surface area contributed by atoms with Crippen LogP contribution in [0.3, 0.4) is 0 Å². The molecule has 118 valence electrons. The lowest BCUT2D eigenvalue weighted by molar-refractivity contribution is 0.201. The summed E-state index contributed by atoms with van der Waals surface area (Å²) in [6.45, 7) is 0.446. The van der Waals surface area contributed by atoms with Crippen molar-refractivity contribution in [1.82, 2.24) is 4.98 Å². The van der Waals surface area contributed by atoms with Crippen LogP contribution in [0.25, 0.3) is 10.9 Å². The van der Waals surface area contributed by atoms with E-state index >= 15 is 0 Å². The van der Waals surface area contributed by atoms with E-state index in [1.54, 1.807) is 36.5 Å². The molecular weight excluding hydrogens is 297 g/mol. The quantitative estimate of drug-likeness (QED) is 0.758. The Hall–Kier alpha value is -2.66. The fraction of sp³-hybridized carbons (Fsp3) is 0.167. The van der Waals surface area contributed by atoms with Gasteiger partial charge in [0.2, 0.25) is 0 Å². The molecule has 1 heterocycles. The molecule has 4 nitrogen and oxygen atoms in total. The summed E-state index contributed by atoms with van der Waals surface area (Å²) in [5.41, 5.74) is 1.43. The minimum absolute atomic E-state index is 0.0299. The number of ether oxygens (including phenoxy) is 2. The normalized spacial score (nSPS) is 10.7. The molecule has 0 aliphatic rings. The second-order valence-corrected chi connectivity index (χ2v) is 4.97. The van der Waals surface area contributed by atoms with Gasteiger partial charge in [0, 0.05) is 17.1 Å². The summed E-state index contributed by atoms with van der Waals surface area (Å²) in [6, 6.07) is 13.5. The first-order valence-corrected chi connectivity index (χ1v) is 7.26. The molecule has 0 bridgehead atoms. The molecule has 0 aliphatic heterocycles. The first-order valence-electron chi connectivity index (χ1n) is 7.26. The second-order valence-electron chi connectivity index (χ2n) is 4.97. The van der Waals surface area contributed by atoms with E-state index in [4.69, 9.17) is 14.6 Å². The number of hydrogen-bond acceptors (Lipinski definition) is 4. The SMILES string of the molecule is OCCOc1ccc(OCc2cc(F)cc3cccnc23)cc1. The fourth-order valence-electron chi connectivity index (χ4n) is 2.29. The smallest absolute Gasteiger partial charge is 0.124 e. The van der Waals surface area contributed by atoms with E-state index in [-0.39, 0.29) is 25.6 Å². The third kappa shape index (κ3) is 3.76. The fourth-order valence-corrected chi connectivity index (χ4v) is 2.29. The zero-order chi connectivity index (χ0) is 16.1. The van der Waals surface area contributed by atoms with Gasteiger partial charge in [0.05, 0.1) is 12.1 Å². The van der Waals surface area contributed by atoms with Gasteiger partial charge in [0.25, 0.3) is 0 Å². The average Bonchev–Trinajstić information content (AvgIpc) is 2.58. The van der Waals surface area contributed by atoms with Gasteiger partial charge in [-0.25, -0.2) is 4.39 Å². The minimum Gasteiger partial charge on any atom is -0.491 e. The predicted octanol–water partition coefficient (Wildman–Crippen LogP) is 3.32. The number of rotatable bonds is 6. The number of nitrogens with zero attached hydrogens (tertiary/aromatic N) is 1. The van der Waals surface area contributed by atoms with E-state index in [0.29, 0.717) is 17.1 Å². The number of aromatic nitrogens is 1. The summed E-state index contributed by atoms with van der Waals surface area (Å²) in [5, 5.41) is 9.46. The molecule has 0 saturated heterocycles. The van der Waals surface area contributed by atoms with E-state index in [1.165, 1.54) is 12.1 Å². The predicted molar refractivity (Wildman–Crippen MR) is 85.1 cm³/mol. The standard InChI is InChI=1S/C18H16FNO3/c19-15-10-13-2-1-7-20-18(13)14(11-15)12-23-17-5-3-16(4-6-17)22-9-8-21/h1-7,10-11,21H,8-9,12H2. The van der Waals surface area contributed by atoms with Crippen LogP contribution >= 0.6 is 0 Å². The maximum absolute atomic E-state index is 13.7. The van der Waals surface area contributed by atoms with Crippen LogP contribution in [-0.2, 0) is 6.61 Å². The molecule has 0 radical (unpaired) electrons. The van der Waals surface area contributed by atoms with Crippen LogP contribution in [0.5, 0.6) is 11.5 Å². The summed E-state index contributed by atoms with van der Waals surface area (Å²) < 4.78 is 24.7. The molecule has 1 N–H and O–H groups in total. The number of aliphatic hydroxyl groups is 1. The molecular formula is C18H16FNO3. The van der Waals surface area contributed by atoms with E-state index in [1.807, 2.05) is 6.07 Å². The molecule has 0 aliphatic carbocycles. The van der Waals surface area contributed by atoms with Crippen molar-refractivity contribution in [3.63, 3.8) is 0 Å². The summed E-state index contributed by atoms with van der Waals surface area (Å²) in [6.07, 6.45) is 1.68. The number of fused-ring (bicyclic) bond motifs is 1. The molecule has 0 fully saturated rings. The van der Waals surface area contributed by atoms with Crippen LogP contribution in [0, 0.1) is 5.82 Å². The number of halogens is 1. The maximum atomic E-state index is 13.7. The van der Waals surface area contributed by atoms with Gasteiger partial charge >= 0.3 is 0 Å². The molecule has 0 atom stereocenters. The van der Waals surface area contributed by atoms with Crippen molar-refractivity contribution < 1.29 is 19.0 Å². The Balaban J connectivity index is 1.73. The van der Waals surface area contributed by atoms with E-state index in [9.17, 15) is 4.39 Å². The summed E-state index contributed by atoms with van der Waals surface area (Å²) >= 11 is 0. The molecule has 0 spiro atoms. The van der Waals surface area contributed by atoms with Crippen LogP contribution in [0.15, 0.2) is 54.7 Å². The van der Waals surface area contributed by atoms with Crippen molar-refractivity contribution >= 4 is 10.9 Å². The Kier molecular flexibility index (Phi) is 4.68. The van der Waals surface area contributed by atoms with Gasteiger partial charge in [-0.15, -0.1) is 0 Å².